The van der Waals surface area contributed by atoms with Crippen LogP contribution in [0.4, 0.5) is 0 Å². The second kappa shape index (κ2) is 8.68. The Hall–Kier alpha value is -3.17. The van der Waals surface area contributed by atoms with E-state index in [0.717, 1.165) is 22.3 Å². The van der Waals surface area contributed by atoms with Gasteiger partial charge in [0, 0.05) is 35.8 Å². The van der Waals surface area contributed by atoms with Crippen molar-refractivity contribution in [2.24, 2.45) is 16.5 Å². The average Bonchev–Trinajstić information content (AvgIpc) is 3.10. The molecule has 0 aliphatic rings. The molecule has 0 saturated heterocycles. The number of hydrogen-bond acceptors (Lipinski definition) is 5. The van der Waals surface area contributed by atoms with E-state index in [1.165, 1.54) is 0 Å². The van der Waals surface area contributed by atoms with E-state index in [1.54, 1.807) is 4.57 Å². The lowest BCUT2D eigenvalue weighted by molar-refractivity contribution is 0.180. The van der Waals surface area contributed by atoms with Gasteiger partial charge in [0.15, 0.2) is 5.96 Å². The molecular weight excluding hydrogens is 382 g/mol. The highest BCUT2D eigenvalue weighted by Crippen LogP contribution is 2.24. The van der Waals surface area contributed by atoms with Crippen LogP contribution in [0.25, 0.3) is 16.7 Å². The molecule has 0 aliphatic heterocycles. The molecule has 0 amide bonds. The van der Waals surface area contributed by atoms with E-state index in [-0.39, 0.29) is 23.6 Å². The minimum absolute atomic E-state index is 0.0400. The summed E-state index contributed by atoms with van der Waals surface area (Å²) in [5, 5.41) is 13.8. The van der Waals surface area contributed by atoms with Crippen molar-refractivity contribution in [3.63, 3.8) is 0 Å². The summed E-state index contributed by atoms with van der Waals surface area (Å²) >= 11 is 0. The first-order valence-electron chi connectivity index (χ1n) is 9.80. The molecule has 0 spiro atoms. The van der Waals surface area contributed by atoms with Gasteiger partial charge in [-0.2, -0.15) is 4.98 Å². The number of nitrogens with one attached hydrogen (secondary N) is 2. The third kappa shape index (κ3) is 5.25. The fourth-order valence-corrected chi connectivity index (χ4v) is 3.02. The van der Waals surface area contributed by atoms with Crippen LogP contribution in [-0.4, -0.2) is 44.8 Å². The van der Waals surface area contributed by atoms with Gasteiger partial charge < -0.3 is 26.9 Å². The van der Waals surface area contributed by atoms with E-state index < -0.39 is 6.10 Å². The van der Waals surface area contributed by atoms with Crippen LogP contribution in [0.2, 0.25) is 0 Å². The Labute approximate surface area is 174 Å². The molecule has 1 atom stereocenters. The smallest absolute Gasteiger partial charge is 0.354 e. The molecule has 0 radical (unpaired) electrons. The van der Waals surface area contributed by atoms with Gasteiger partial charge in [-0.3, -0.25) is 9.56 Å². The molecule has 0 saturated carbocycles. The third-order valence-corrected chi connectivity index (χ3v) is 4.72. The Bertz CT molecular complexity index is 1090. The molecule has 2 heterocycles. The first-order chi connectivity index (χ1) is 14.1. The highest BCUT2D eigenvalue weighted by atomic mass is 16.3. The Morgan fingerprint density at radius 2 is 2.00 bits per heavy atom. The summed E-state index contributed by atoms with van der Waals surface area (Å²) in [6.45, 7) is 7.41. The van der Waals surface area contributed by atoms with Gasteiger partial charge >= 0.3 is 5.69 Å². The number of aliphatic imine (C=N–C) groups is 1. The SMILES string of the molecule is CC(C)(C)c1cc2cn(-c3ccc(CNCC(O)CN=C(N)N)cc3)c(=O)nc2[nH]1. The maximum Gasteiger partial charge on any atom is 0.354 e. The van der Waals surface area contributed by atoms with Crippen molar-refractivity contribution in [2.75, 3.05) is 13.1 Å². The number of hydrogen-bond donors (Lipinski definition) is 5. The van der Waals surface area contributed by atoms with Crippen LogP contribution in [0.3, 0.4) is 0 Å². The van der Waals surface area contributed by atoms with Crippen molar-refractivity contribution in [3.8, 4) is 5.69 Å². The van der Waals surface area contributed by atoms with Crippen LogP contribution >= 0.6 is 0 Å². The molecule has 1 unspecified atom stereocenters. The Morgan fingerprint density at radius 3 is 2.63 bits per heavy atom. The third-order valence-electron chi connectivity index (χ3n) is 4.72. The van der Waals surface area contributed by atoms with Gasteiger partial charge in [0.2, 0.25) is 0 Å². The lowest BCUT2D eigenvalue weighted by atomic mass is 9.92. The number of nitrogens with two attached hydrogens (primary N) is 2. The summed E-state index contributed by atoms with van der Waals surface area (Å²) in [7, 11) is 0. The van der Waals surface area contributed by atoms with Crippen LogP contribution < -0.4 is 22.5 Å². The summed E-state index contributed by atoms with van der Waals surface area (Å²) in [6.07, 6.45) is 1.14. The number of aromatic amines is 1. The molecule has 0 bridgehead atoms. The van der Waals surface area contributed by atoms with Gasteiger partial charge in [-0.15, -0.1) is 0 Å². The van der Waals surface area contributed by atoms with Gasteiger partial charge in [0.05, 0.1) is 18.3 Å². The molecule has 3 aromatic rings. The van der Waals surface area contributed by atoms with Crippen LogP contribution in [-0.2, 0) is 12.0 Å². The molecule has 1 aromatic carbocycles. The number of aliphatic hydroxyl groups is 1. The monoisotopic (exact) mass is 411 g/mol. The minimum Gasteiger partial charge on any atom is -0.390 e. The Morgan fingerprint density at radius 1 is 1.30 bits per heavy atom. The molecular formula is C21H29N7O2. The van der Waals surface area contributed by atoms with Gasteiger partial charge in [0.25, 0.3) is 0 Å². The number of aliphatic hydroxyl groups excluding tert-OH is 1. The number of aromatic nitrogens is 3. The highest BCUT2D eigenvalue weighted by molar-refractivity contribution is 5.76. The summed E-state index contributed by atoms with van der Waals surface area (Å²) < 4.78 is 1.54. The summed E-state index contributed by atoms with van der Waals surface area (Å²) in [6, 6.07) is 9.64. The number of H-pyrrole nitrogens is 1. The molecule has 0 fully saturated rings. The Balaban J connectivity index is 1.70. The van der Waals surface area contributed by atoms with Crippen molar-refractivity contribution in [1.29, 1.82) is 0 Å². The van der Waals surface area contributed by atoms with Gasteiger partial charge in [-0.25, -0.2) is 4.79 Å². The lowest BCUT2D eigenvalue weighted by Crippen LogP contribution is -2.31. The first kappa shape index (κ1) is 21.5. The fraction of sp³-hybridized carbons (Fsp3) is 0.381. The minimum atomic E-state index is -0.665. The summed E-state index contributed by atoms with van der Waals surface area (Å²) in [5.41, 5.74) is 13.5. The number of guanidine groups is 1. The zero-order valence-electron chi connectivity index (χ0n) is 17.5. The van der Waals surface area contributed by atoms with Gasteiger partial charge in [0.1, 0.15) is 5.65 Å². The van der Waals surface area contributed by atoms with Crippen LogP contribution in [0.5, 0.6) is 0 Å². The number of benzene rings is 1. The molecule has 9 nitrogen and oxygen atoms in total. The van der Waals surface area contributed by atoms with E-state index in [1.807, 2.05) is 36.5 Å². The van der Waals surface area contributed by atoms with E-state index in [4.69, 9.17) is 11.5 Å². The lowest BCUT2D eigenvalue weighted by Gasteiger charge is -2.15. The molecule has 7 N–H and O–H groups in total. The van der Waals surface area contributed by atoms with E-state index in [2.05, 4.69) is 41.0 Å². The van der Waals surface area contributed by atoms with Crippen molar-refractivity contribution in [3.05, 3.63) is 58.3 Å². The first-order valence-corrected chi connectivity index (χ1v) is 9.80. The molecule has 3 rings (SSSR count). The largest absolute Gasteiger partial charge is 0.390 e. The second-order valence-corrected chi connectivity index (χ2v) is 8.35. The number of nitrogens with zero attached hydrogens (tertiary/aromatic N) is 3. The maximum absolute atomic E-state index is 12.5. The molecule has 2 aromatic heterocycles. The molecule has 160 valence electrons. The normalized spacial score (nSPS) is 12.8. The molecule has 30 heavy (non-hydrogen) atoms. The van der Waals surface area contributed by atoms with Crippen molar-refractivity contribution in [1.82, 2.24) is 19.9 Å². The van der Waals surface area contributed by atoms with E-state index >= 15 is 0 Å². The number of rotatable bonds is 7. The fourth-order valence-electron chi connectivity index (χ4n) is 3.02. The van der Waals surface area contributed by atoms with Crippen molar-refractivity contribution >= 4 is 17.0 Å². The van der Waals surface area contributed by atoms with Gasteiger partial charge in [-0.1, -0.05) is 32.9 Å². The average molecular weight is 412 g/mol. The Kier molecular flexibility index (Phi) is 6.23. The number of fused-ring (bicyclic) bond motifs is 1. The van der Waals surface area contributed by atoms with Crippen molar-refractivity contribution < 1.29 is 5.11 Å². The zero-order chi connectivity index (χ0) is 21.9. The van der Waals surface area contributed by atoms with E-state index in [9.17, 15) is 9.90 Å². The zero-order valence-corrected chi connectivity index (χ0v) is 17.5. The van der Waals surface area contributed by atoms with E-state index in [0.29, 0.717) is 18.7 Å². The highest BCUT2D eigenvalue weighted by Gasteiger charge is 2.17. The summed E-state index contributed by atoms with van der Waals surface area (Å²) in [4.78, 5) is 23.7. The molecule has 9 heteroatoms. The quantitative estimate of drug-likeness (QED) is 0.286. The maximum atomic E-state index is 12.5. The summed E-state index contributed by atoms with van der Waals surface area (Å²) in [5.74, 6) is -0.0400. The predicted octanol–water partition coefficient (Wildman–Crippen LogP) is 0.735. The second-order valence-electron chi connectivity index (χ2n) is 8.35. The predicted molar refractivity (Wildman–Crippen MR) is 119 cm³/mol. The van der Waals surface area contributed by atoms with Gasteiger partial charge in [-0.05, 0) is 23.8 Å². The van der Waals surface area contributed by atoms with Crippen LogP contribution in [0, 0.1) is 0 Å². The topological polar surface area (TPSA) is 147 Å². The van der Waals surface area contributed by atoms with Crippen molar-refractivity contribution in [2.45, 2.75) is 38.8 Å². The standard InChI is InChI=1S/C21H29N7O2/c1-21(2,3)17-8-14-12-28(20(30)27-18(14)26-17)15-6-4-13(5-7-15)9-24-10-16(29)11-25-19(22)23/h4-8,12,16,24,29H,9-11H2,1-3H3,(H4,22,23,25)(H,26,27,30). The van der Waals surface area contributed by atoms with Crippen LogP contribution in [0.1, 0.15) is 32.0 Å². The molecule has 0 aliphatic carbocycles. The van der Waals surface area contributed by atoms with Crippen LogP contribution in [0.15, 0.2) is 46.3 Å².